The highest BCUT2D eigenvalue weighted by Crippen LogP contribution is 2.68. The Morgan fingerprint density at radius 2 is 1.84 bits per heavy atom. The van der Waals surface area contributed by atoms with Crippen LogP contribution >= 0.6 is 23.1 Å². The van der Waals surface area contributed by atoms with Gasteiger partial charge < -0.3 is 15.2 Å². The first-order valence-corrected chi connectivity index (χ1v) is 12.3. The van der Waals surface area contributed by atoms with Gasteiger partial charge in [0.1, 0.15) is 5.75 Å². The molecule has 3 heterocycles. The van der Waals surface area contributed by atoms with Crippen molar-refractivity contribution in [3.05, 3.63) is 44.4 Å². The first-order valence-electron chi connectivity index (χ1n) is 10.6. The second-order valence-corrected chi connectivity index (χ2v) is 11.2. The van der Waals surface area contributed by atoms with Gasteiger partial charge in [0.25, 0.3) is 0 Å². The molecule has 0 radical (unpaired) electrons. The van der Waals surface area contributed by atoms with E-state index in [1.165, 1.54) is 0 Å². The fourth-order valence-electron chi connectivity index (χ4n) is 6.61. The van der Waals surface area contributed by atoms with Crippen LogP contribution < -0.4 is 4.87 Å². The van der Waals surface area contributed by atoms with Gasteiger partial charge in [0.15, 0.2) is 0 Å². The molecule has 1 saturated heterocycles. The molecule has 1 aromatic heterocycles. The standard InChI is InChI=1S/C22H20N2O6S2/c25-11-4-2-1-3-8(11)13-14-9-7-10(17(14)31-19-18(13)32-22(30)23-19)16-15(9)20(28)24(21(16)29)6-5-12(26)27/h1-4,9-10,13-17,25H,5-7H2,(H,23,30)(H,26,27)/t9-,10-,13+,14-,15+,16-,17+/m1/s1. The highest BCUT2D eigenvalue weighted by atomic mass is 32.2. The summed E-state index contributed by atoms with van der Waals surface area (Å²) in [4.78, 5) is 54.4. The van der Waals surface area contributed by atoms with Gasteiger partial charge in [-0.25, -0.2) is 0 Å². The molecule has 0 unspecified atom stereocenters. The monoisotopic (exact) mass is 472 g/mol. The lowest BCUT2D eigenvalue weighted by molar-refractivity contribution is -0.142. The van der Waals surface area contributed by atoms with E-state index >= 15 is 0 Å². The summed E-state index contributed by atoms with van der Waals surface area (Å²) in [5.74, 6) is -2.56. The fraction of sp³-hybridized carbons (Fsp3) is 0.455. The third-order valence-electron chi connectivity index (χ3n) is 7.64. The Morgan fingerprint density at radius 3 is 2.56 bits per heavy atom. The lowest BCUT2D eigenvalue weighted by atomic mass is 9.68. The molecule has 7 atom stereocenters. The zero-order valence-electron chi connectivity index (χ0n) is 16.8. The lowest BCUT2D eigenvalue weighted by Crippen LogP contribution is -2.42. The van der Waals surface area contributed by atoms with Gasteiger partial charge >= 0.3 is 10.8 Å². The van der Waals surface area contributed by atoms with Crippen LogP contribution in [0.1, 0.15) is 29.2 Å². The molecule has 1 aromatic carbocycles. The number of carboxylic acid groups (broad SMARTS) is 1. The number of amides is 2. The van der Waals surface area contributed by atoms with Gasteiger partial charge in [-0.3, -0.25) is 24.1 Å². The van der Waals surface area contributed by atoms with Crippen LogP contribution in [0.4, 0.5) is 0 Å². The number of phenols is 1. The number of hydrogen-bond acceptors (Lipinski definition) is 7. The molecule has 2 aromatic rings. The predicted molar refractivity (Wildman–Crippen MR) is 116 cm³/mol. The molecular formula is C22H20N2O6S2. The van der Waals surface area contributed by atoms with E-state index in [-0.39, 0.29) is 64.3 Å². The van der Waals surface area contributed by atoms with Crippen LogP contribution in [-0.4, -0.2) is 49.7 Å². The number of carbonyl (C=O) groups is 3. The van der Waals surface area contributed by atoms with Gasteiger partial charge in [0, 0.05) is 28.2 Å². The van der Waals surface area contributed by atoms with Crippen molar-refractivity contribution in [3.63, 3.8) is 0 Å². The highest BCUT2D eigenvalue weighted by molar-refractivity contribution is 8.00. The largest absolute Gasteiger partial charge is 0.508 e. The minimum Gasteiger partial charge on any atom is -0.508 e. The molecule has 10 heteroatoms. The number of hydrogen-bond donors (Lipinski definition) is 3. The number of thioether (sulfide) groups is 1. The maximum absolute atomic E-state index is 13.2. The summed E-state index contributed by atoms with van der Waals surface area (Å²) in [5, 5.41) is 20.5. The number of fused-ring (bicyclic) bond motifs is 9. The summed E-state index contributed by atoms with van der Waals surface area (Å²) >= 11 is 2.73. The first kappa shape index (κ1) is 20.0. The van der Waals surface area contributed by atoms with Crippen molar-refractivity contribution in [3.8, 4) is 5.75 Å². The number of rotatable bonds is 4. The number of imide groups is 1. The summed E-state index contributed by atoms with van der Waals surface area (Å²) in [6.45, 7) is -0.0918. The smallest absolute Gasteiger partial charge is 0.305 e. The van der Waals surface area contributed by atoms with Crippen molar-refractivity contribution in [2.24, 2.45) is 29.6 Å². The van der Waals surface area contributed by atoms with Crippen molar-refractivity contribution in [1.29, 1.82) is 0 Å². The minimum atomic E-state index is -1.04. The van der Waals surface area contributed by atoms with Crippen LogP contribution in [0.3, 0.4) is 0 Å². The SMILES string of the molecule is O=C(O)CCN1C(=O)[C@@H]2[C@H]3C[C@@H]([C@@H]2C1=O)[C@@H]1[C@H](c2ccccc2O)c2sc(=O)[nH]c2S[C@@H]31. The van der Waals surface area contributed by atoms with E-state index in [2.05, 4.69) is 4.98 Å². The summed E-state index contributed by atoms with van der Waals surface area (Å²) in [5.41, 5.74) is 0.739. The van der Waals surface area contributed by atoms with E-state index in [1.807, 2.05) is 12.1 Å². The summed E-state index contributed by atoms with van der Waals surface area (Å²) in [6, 6.07) is 7.11. The number of aromatic nitrogens is 1. The Kier molecular flexibility index (Phi) is 4.36. The third-order valence-corrected chi connectivity index (χ3v) is 10.2. The number of likely N-dealkylation sites (tertiary alicyclic amines) is 1. The molecule has 0 spiro atoms. The average Bonchev–Trinajstić information content (AvgIpc) is 3.46. The van der Waals surface area contributed by atoms with Crippen LogP contribution in [0.5, 0.6) is 5.75 Å². The maximum atomic E-state index is 13.2. The molecule has 2 aliphatic carbocycles. The topological polar surface area (TPSA) is 128 Å². The molecule has 32 heavy (non-hydrogen) atoms. The van der Waals surface area contributed by atoms with E-state index in [4.69, 9.17) is 5.11 Å². The molecule has 4 aliphatic rings. The van der Waals surface area contributed by atoms with E-state index in [0.29, 0.717) is 0 Å². The molecule has 3 N–H and O–H groups in total. The summed E-state index contributed by atoms with van der Waals surface area (Å²) < 4.78 is 0. The lowest BCUT2D eigenvalue weighted by Gasteiger charge is -2.43. The number of H-pyrrole nitrogens is 1. The van der Waals surface area contributed by atoms with Gasteiger partial charge in [-0.05, 0) is 30.2 Å². The highest BCUT2D eigenvalue weighted by Gasteiger charge is 2.69. The quantitative estimate of drug-likeness (QED) is 0.582. The van der Waals surface area contributed by atoms with E-state index in [1.54, 1.807) is 23.9 Å². The Hall–Kier alpha value is -2.59. The van der Waals surface area contributed by atoms with Crippen molar-refractivity contribution in [2.45, 2.75) is 29.0 Å². The van der Waals surface area contributed by atoms with E-state index < -0.39 is 17.8 Å². The van der Waals surface area contributed by atoms with E-state index in [9.17, 15) is 24.3 Å². The number of nitrogens with one attached hydrogen (secondary N) is 1. The fourth-order valence-corrected chi connectivity index (χ4v) is 9.48. The second kappa shape index (κ2) is 6.95. The predicted octanol–water partition coefficient (Wildman–Crippen LogP) is 2.09. The molecule has 3 fully saturated rings. The van der Waals surface area contributed by atoms with Crippen molar-refractivity contribution in [2.75, 3.05) is 6.54 Å². The molecule has 6 rings (SSSR count). The number of benzene rings is 1. The van der Waals surface area contributed by atoms with Gasteiger partial charge in [-0.2, -0.15) is 0 Å². The van der Waals surface area contributed by atoms with Crippen LogP contribution in [0, 0.1) is 29.6 Å². The van der Waals surface area contributed by atoms with Gasteiger partial charge in [-0.1, -0.05) is 29.5 Å². The molecule has 2 saturated carbocycles. The number of para-hydroxylation sites is 1. The molecule has 2 aliphatic heterocycles. The Morgan fingerprint density at radius 1 is 1.12 bits per heavy atom. The van der Waals surface area contributed by atoms with Gasteiger partial charge in [-0.15, -0.1) is 11.8 Å². The second-order valence-electron chi connectivity index (χ2n) is 8.99. The number of carboxylic acids is 1. The van der Waals surface area contributed by atoms with Crippen molar-refractivity contribution in [1.82, 2.24) is 9.88 Å². The van der Waals surface area contributed by atoms with Crippen LogP contribution in [0.15, 0.2) is 34.1 Å². The number of phenolic OH excluding ortho intramolecular Hbond substituents is 1. The van der Waals surface area contributed by atoms with Crippen molar-refractivity contribution < 1.29 is 24.6 Å². The summed E-state index contributed by atoms with van der Waals surface area (Å²) in [7, 11) is 0. The van der Waals surface area contributed by atoms with Crippen molar-refractivity contribution >= 4 is 40.9 Å². The molecule has 166 valence electrons. The van der Waals surface area contributed by atoms with E-state index in [0.717, 1.165) is 38.1 Å². The number of thiazole rings is 1. The number of nitrogens with zero attached hydrogens (tertiary/aromatic N) is 1. The number of carbonyl (C=O) groups excluding carboxylic acids is 2. The molecule has 2 bridgehead atoms. The Balaban J connectivity index is 1.43. The van der Waals surface area contributed by atoms with Gasteiger partial charge in [0.05, 0.1) is 23.3 Å². The Labute approximate surface area is 190 Å². The van der Waals surface area contributed by atoms with Crippen LogP contribution in [0.2, 0.25) is 0 Å². The average molecular weight is 473 g/mol. The minimum absolute atomic E-state index is 0.00896. The molecule has 8 nitrogen and oxygen atoms in total. The molecular weight excluding hydrogens is 452 g/mol. The Bertz CT molecular complexity index is 1220. The number of aliphatic carboxylic acids is 1. The van der Waals surface area contributed by atoms with Crippen LogP contribution in [0.25, 0.3) is 0 Å². The number of aromatic hydroxyl groups is 1. The normalized spacial score (nSPS) is 34.5. The zero-order valence-corrected chi connectivity index (χ0v) is 18.4. The number of aromatic amines is 1. The third kappa shape index (κ3) is 2.62. The van der Waals surface area contributed by atoms with Crippen LogP contribution in [-0.2, 0) is 14.4 Å². The maximum Gasteiger partial charge on any atom is 0.305 e. The summed E-state index contributed by atoms with van der Waals surface area (Å²) in [6.07, 6.45) is 0.498. The first-order chi connectivity index (χ1) is 15.4. The van der Waals surface area contributed by atoms with Gasteiger partial charge in [0.2, 0.25) is 11.8 Å². The zero-order chi connectivity index (χ0) is 22.3. The molecule has 2 amide bonds.